The van der Waals surface area contributed by atoms with E-state index in [1.54, 1.807) is 24.4 Å². The van der Waals surface area contributed by atoms with Crippen molar-refractivity contribution < 1.29 is 14.3 Å². The zero-order chi connectivity index (χ0) is 19.3. The minimum atomic E-state index is -0.365. The van der Waals surface area contributed by atoms with Crippen LogP contribution in [0.4, 0.5) is 10.5 Å². The fourth-order valence-electron chi connectivity index (χ4n) is 3.21. The number of rotatable bonds is 5. The van der Waals surface area contributed by atoms with Gasteiger partial charge in [-0.3, -0.25) is 9.88 Å². The SMILES string of the molecule is COc1cccc(/[C]=C/c2cnccc2N2C(=O)OC[C@H]2c2ccccc2)c1. The molecule has 1 aliphatic rings. The molecule has 1 aromatic heterocycles. The summed E-state index contributed by atoms with van der Waals surface area (Å²) in [6.45, 7) is 0.313. The number of nitrogens with zero attached hydrogens (tertiary/aromatic N) is 2. The van der Waals surface area contributed by atoms with Crippen LogP contribution >= 0.6 is 0 Å². The maximum atomic E-state index is 12.5. The van der Waals surface area contributed by atoms with E-state index in [-0.39, 0.29) is 12.1 Å². The highest BCUT2D eigenvalue weighted by molar-refractivity contribution is 5.93. The van der Waals surface area contributed by atoms with Crippen LogP contribution < -0.4 is 9.64 Å². The van der Waals surface area contributed by atoms with Gasteiger partial charge in [-0.05, 0) is 41.5 Å². The predicted molar refractivity (Wildman–Crippen MR) is 107 cm³/mol. The van der Waals surface area contributed by atoms with Gasteiger partial charge in [0.05, 0.1) is 18.8 Å². The molecule has 5 nitrogen and oxygen atoms in total. The Morgan fingerprint density at radius 1 is 1.18 bits per heavy atom. The summed E-state index contributed by atoms with van der Waals surface area (Å²) in [6, 6.07) is 19.1. The van der Waals surface area contributed by atoms with E-state index >= 15 is 0 Å². The fraction of sp³-hybridized carbons (Fsp3) is 0.130. The lowest BCUT2D eigenvalue weighted by Gasteiger charge is -2.23. The van der Waals surface area contributed by atoms with Crippen molar-refractivity contribution >= 4 is 17.9 Å². The Kier molecular flexibility index (Phi) is 5.06. The van der Waals surface area contributed by atoms with Gasteiger partial charge in [-0.2, -0.15) is 0 Å². The monoisotopic (exact) mass is 371 g/mol. The molecule has 0 bridgehead atoms. The van der Waals surface area contributed by atoms with Gasteiger partial charge < -0.3 is 9.47 Å². The topological polar surface area (TPSA) is 51.7 Å². The molecule has 1 fully saturated rings. The van der Waals surface area contributed by atoms with Gasteiger partial charge in [0.1, 0.15) is 12.4 Å². The quantitative estimate of drug-likeness (QED) is 0.655. The molecule has 139 valence electrons. The van der Waals surface area contributed by atoms with Crippen molar-refractivity contribution in [3.8, 4) is 5.75 Å². The Bertz CT molecular complexity index is 1000. The molecule has 1 amide bonds. The summed E-state index contributed by atoms with van der Waals surface area (Å²) >= 11 is 0. The van der Waals surface area contributed by atoms with E-state index in [9.17, 15) is 4.79 Å². The van der Waals surface area contributed by atoms with Crippen LogP contribution in [0.3, 0.4) is 0 Å². The highest BCUT2D eigenvalue weighted by Gasteiger charge is 2.36. The molecule has 1 radical (unpaired) electrons. The van der Waals surface area contributed by atoms with Crippen molar-refractivity contribution in [3.63, 3.8) is 0 Å². The fourth-order valence-corrected chi connectivity index (χ4v) is 3.21. The standard InChI is InChI=1S/C23H19N2O3/c1-27-20-9-5-6-17(14-20)10-11-19-15-24-13-12-21(19)25-22(16-28-23(25)26)18-7-3-2-4-8-18/h2-9,11-15,22H,16H2,1H3/t22-/m0/s1. The summed E-state index contributed by atoms with van der Waals surface area (Å²) in [5.74, 6) is 0.761. The molecule has 3 aromatic rings. The number of benzene rings is 2. The first-order valence-corrected chi connectivity index (χ1v) is 8.95. The Morgan fingerprint density at radius 3 is 2.86 bits per heavy atom. The van der Waals surface area contributed by atoms with Crippen LogP contribution in [0.2, 0.25) is 0 Å². The third-order valence-corrected chi connectivity index (χ3v) is 4.61. The Labute approximate surface area is 163 Å². The highest BCUT2D eigenvalue weighted by Crippen LogP contribution is 2.35. The lowest BCUT2D eigenvalue weighted by molar-refractivity contribution is 0.179. The van der Waals surface area contributed by atoms with Crippen LogP contribution in [-0.2, 0) is 4.74 Å². The number of hydrogen-bond acceptors (Lipinski definition) is 4. The van der Waals surface area contributed by atoms with E-state index in [2.05, 4.69) is 11.1 Å². The number of aromatic nitrogens is 1. The molecule has 1 saturated heterocycles. The van der Waals surface area contributed by atoms with Gasteiger partial charge in [0.15, 0.2) is 0 Å². The first-order chi connectivity index (χ1) is 13.8. The molecule has 0 unspecified atom stereocenters. The Morgan fingerprint density at radius 2 is 2.04 bits per heavy atom. The molecule has 0 spiro atoms. The Balaban J connectivity index is 1.68. The molecule has 2 aromatic carbocycles. The van der Waals surface area contributed by atoms with Crippen molar-refractivity contribution in [2.75, 3.05) is 18.6 Å². The summed E-state index contributed by atoms with van der Waals surface area (Å²) < 4.78 is 10.6. The largest absolute Gasteiger partial charge is 0.497 e. The van der Waals surface area contributed by atoms with Gasteiger partial charge in [0.25, 0.3) is 0 Å². The van der Waals surface area contributed by atoms with Gasteiger partial charge in [-0.25, -0.2) is 4.79 Å². The molecule has 0 N–H and O–H groups in total. The first kappa shape index (κ1) is 17.8. The van der Waals surface area contributed by atoms with E-state index in [1.807, 2.05) is 66.7 Å². The number of methoxy groups -OCH3 is 1. The summed E-state index contributed by atoms with van der Waals surface area (Å²) in [6.07, 6.45) is 8.10. The molecule has 2 heterocycles. The maximum absolute atomic E-state index is 12.5. The number of anilines is 1. The average molecular weight is 371 g/mol. The smallest absolute Gasteiger partial charge is 0.415 e. The molecule has 1 atom stereocenters. The van der Waals surface area contributed by atoms with Crippen molar-refractivity contribution in [2.24, 2.45) is 0 Å². The third kappa shape index (κ3) is 3.60. The van der Waals surface area contributed by atoms with Gasteiger partial charge in [-0.15, -0.1) is 0 Å². The zero-order valence-corrected chi connectivity index (χ0v) is 15.4. The number of ether oxygens (including phenoxy) is 2. The molecule has 0 saturated carbocycles. The van der Waals surface area contributed by atoms with Gasteiger partial charge >= 0.3 is 6.09 Å². The van der Waals surface area contributed by atoms with E-state index < -0.39 is 0 Å². The number of hydrogen-bond donors (Lipinski definition) is 0. The van der Waals surface area contributed by atoms with Crippen molar-refractivity contribution in [3.05, 3.63) is 95.8 Å². The number of amides is 1. The minimum absolute atomic E-state index is 0.180. The number of carbonyl (C=O) groups excluding carboxylic acids is 1. The minimum Gasteiger partial charge on any atom is -0.497 e. The maximum Gasteiger partial charge on any atom is 0.415 e. The highest BCUT2D eigenvalue weighted by atomic mass is 16.6. The summed E-state index contributed by atoms with van der Waals surface area (Å²) in [5, 5.41) is 0. The van der Waals surface area contributed by atoms with E-state index in [1.165, 1.54) is 0 Å². The zero-order valence-electron chi connectivity index (χ0n) is 15.4. The van der Waals surface area contributed by atoms with Crippen molar-refractivity contribution in [1.29, 1.82) is 0 Å². The summed E-state index contributed by atoms with van der Waals surface area (Å²) in [7, 11) is 1.63. The van der Waals surface area contributed by atoms with Crippen molar-refractivity contribution in [2.45, 2.75) is 6.04 Å². The normalized spacial score (nSPS) is 16.4. The van der Waals surface area contributed by atoms with Gasteiger partial charge in [0.2, 0.25) is 0 Å². The van der Waals surface area contributed by atoms with Crippen LogP contribution in [-0.4, -0.2) is 24.8 Å². The van der Waals surface area contributed by atoms with Crippen LogP contribution in [0.15, 0.2) is 73.1 Å². The second kappa shape index (κ2) is 7.96. The summed E-state index contributed by atoms with van der Waals surface area (Å²) in [4.78, 5) is 18.4. The van der Waals surface area contributed by atoms with E-state index in [0.29, 0.717) is 6.61 Å². The number of pyridine rings is 1. The molecule has 5 heteroatoms. The lowest BCUT2D eigenvalue weighted by atomic mass is 10.1. The molecular formula is C23H19N2O3. The first-order valence-electron chi connectivity index (χ1n) is 8.95. The number of carbonyl (C=O) groups is 1. The van der Waals surface area contributed by atoms with E-state index in [0.717, 1.165) is 28.1 Å². The van der Waals surface area contributed by atoms with Gasteiger partial charge in [0, 0.05) is 18.0 Å². The van der Waals surface area contributed by atoms with Crippen LogP contribution in [0.1, 0.15) is 22.7 Å². The third-order valence-electron chi connectivity index (χ3n) is 4.61. The summed E-state index contributed by atoms with van der Waals surface area (Å²) in [5.41, 5.74) is 3.42. The molecule has 4 rings (SSSR count). The van der Waals surface area contributed by atoms with Crippen LogP contribution in [0.25, 0.3) is 6.08 Å². The second-order valence-corrected chi connectivity index (χ2v) is 6.33. The Hall–Kier alpha value is -3.60. The van der Waals surface area contributed by atoms with Crippen LogP contribution in [0, 0.1) is 6.08 Å². The molecule has 1 aliphatic heterocycles. The molecule has 0 aliphatic carbocycles. The van der Waals surface area contributed by atoms with E-state index in [4.69, 9.17) is 9.47 Å². The van der Waals surface area contributed by atoms with Crippen LogP contribution in [0.5, 0.6) is 5.75 Å². The molecular weight excluding hydrogens is 352 g/mol. The predicted octanol–water partition coefficient (Wildman–Crippen LogP) is 4.65. The average Bonchev–Trinajstić information content (AvgIpc) is 3.14. The molecule has 28 heavy (non-hydrogen) atoms. The number of cyclic esters (lactones) is 1. The van der Waals surface area contributed by atoms with Gasteiger partial charge in [-0.1, -0.05) is 42.5 Å². The second-order valence-electron chi connectivity index (χ2n) is 6.33. The lowest BCUT2D eigenvalue weighted by Crippen LogP contribution is -2.27. The van der Waals surface area contributed by atoms with Crippen molar-refractivity contribution in [1.82, 2.24) is 4.98 Å².